The fraction of sp³-hybridized carbons (Fsp3) is 0.529. The zero-order chi connectivity index (χ0) is 17.2. The van der Waals surface area contributed by atoms with E-state index in [1.54, 1.807) is 17.0 Å². The maximum Gasteiger partial charge on any atom is 0.410 e. The number of aryl methyl sites for hydroxylation is 1. The third kappa shape index (κ3) is 4.86. The summed E-state index contributed by atoms with van der Waals surface area (Å²) < 4.78 is 5.35. The van der Waals surface area contributed by atoms with Gasteiger partial charge in [0.1, 0.15) is 5.60 Å². The van der Waals surface area contributed by atoms with E-state index in [-0.39, 0.29) is 18.0 Å². The molecule has 0 radical (unpaired) electrons. The van der Waals surface area contributed by atoms with Crippen molar-refractivity contribution in [3.05, 3.63) is 34.3 Å². The van der Waals surface area contributed by atoms with Gasteiger partial charge >= 0.3 is 6.09 Å². The lowest BCUT2D eigenvalue weighted by Gasteiger charge is -2.24. The highest BCUT2D eigenvalue weighted by Crippen LogP contribution is 2.19. The molecule has 0 bridgehead atoms. The molecule has 0 aromatic heterocycles. The van der Waals surface area contributed by atoms with Crippen molar-refractivity contribution in [2.75, 3.05) is 13.1 Å². The molecular weight excluding hydrogens is 316 g/mol. The van der Waals surface area contributed by atoms with Crippen LogP contribution in [-0.4, -0.2) is 41.6 Å². The van der Waals surface area contributed by atoms with E-state index < -0.39 is 5.60 Å². The lowest BCUT2D eigenvalue weighted by Crippen LogP contribution is -2.40. The second-order valence-electron chi connectivity index (χ2n) is 6.87. The molecule has 1 heterocycles. The smallest absolute Gasteiger partial charge is 0.410 e. The second kappa shape index (κ2) is 6.79. The minimum absolute atomic E-state index is 0.0904. The average molecular weight is 339 g/mol. The molecule has 2 rings (SSSR count). The van der Waals surface area contributed by atoms with Gasteiger partial charge in [0.2, 0.25) is 0 Å². The molecule has 1 fully saturated rings. The Hall–Kier alpha value is -1.75. The molecule has 0 saturated carbocycles. The van der Waals surface area contributed by atoms with Gasteiger partial charge in [0.15, 0.2) is 0 Å². The van der Waals surface area contributed by atoms with Gasteiger partial charge in [-0.15, -0.1) is 0 Å². The molecule has 1 aromatic carbocycles. The molecule has 0 spiro atoms. The quantitative estimate of drug-likeness (QED) is 0.899. The van der Waals surface area contributed by atoms with Crippen molar-refractivity contribution in [3.8, 4) is 0 Å². The Morgan fingerprint density at radius 1 is 1.35 bits per heavy atom. The molecule has 1 aliphatic heterocycles. The van der Waals surface area contributed by atoms with Crippen LogP contribution in [0.25, 0.3) is 0 Å². The normalized spacial score (nSPS) is 18.0. The fourth-order valence-corrected chi connectivity index (χ4v) is 2.76. The van der Waals surface area contributed by atoms with Crippen LogP contribution in [0, 0.1) is 6.92 Å². The lowest BCUT2D eigenvalue weighted by molar-refractivity contribution is 0.0290. The summed E-state index contributed by atoms with van der Waals surface area (Å²) in [6.45, 7) is 8.44. The van der Waals surface area contributed by atoms with E-state index in [1.807, 2.05) is 33.8 Å². The monoisotopic (exact) mass is 338 g/mol. The summed E-state index contributed by atoms with van der Waals surface area (Å²) in [6.07, 6.45) is 0.358. The van der Waals surface area contributed by atoms with Crippen LogP contribution in [-0.2, 0) is 4.74 Å². The number of benzene rings is 1. The Morgan fingerprint density at radius 3 is 2.65 bits per heavy atom. The summed E-state index contributed by atoms with van der Waals surface area (Å²) in [5, 5.41) is 3.37. The summed E-state index contributed by atoms with van der Waals surface area (Å²) in [4.78, 5) is 25.9. The molecule has 0 aliphatic carbocycles. The molecule has 126 valence electrons. The first-order valence-electron chi connectivity index (χ1n) is 7.70. The summed E-state index contributed by atoms with van der Waals surface area (Å²) in [6, 6.07) is 5.24. The van der Waals surface area contributed by atoms with Crippen LogP contribution in [0.2, 0.25) is 5.02 Å². The predicted molar refractivity (Wildman–Crippen MR) is 89.9 cm³/mol. The molecule has 23 heavy (non-hydrogen) atoms. The van der Waals surface area contributed by atoms with Crippen LogP contribution >= 0.6 is 11.6 Å². The lowest BCUT2D eigenvalue weighted by atomic mass is 10.1. The van der Waals surface area contributed by atoms with Crippen molar-refractivity contribution in [2.24, 2.45) is 0 Å². The number of amides is 2. The van der Waals surface area contributed by atoms with Gasteiger partial charge in [-0.1, -0.05) is 17.7 Å². The Kier molecular flexibility index (Phi) is 5.19. The second-order valence-corrected chi connectivity index (χ2v) is 7.28. The SMILES string of the molecule is Cc1ccc(C(=O)NC2CCN(C(=O)OC(C)(C)C)C2)c(Cl)c1. The van der Waals surface area contributed by atoms with E-state index in [9.17, 15) is 9.59 Å². The highest BCUT2D eigenvalue weighted by atomic mass is 35.5. The van der Waals surface area contributed by atoms with E-state index in [0.29, 0.717) is 30.1 Å². The molecule has 1 atom stereocenters. The van der Waals surface area contributed by atoms with Crippen LogP contribution < -0.4 is 5.32 Å². The van der Waals surface area contributed by atoms with E-state index in [4.69, 9.17) is 16.3 Å². The zero-order valence-corrected chi connectivity index (χ0v) is 14.7. The number of carbonyl (C=O) groups excluding carboxylic acids is 2. The van der Waals surface area contributed by atoms with Gasteiger partial charge < -0.3 is 15.0 Å². The topological polar surface area (TPSA) is 58.6 Å². The van der Waals surface area contributed by atoms with Crippen LogP contribution in [0.3, 0.4) is 0 Å². The van der Waals surface area contributed by atoms with Crippen molar-refractivity contribution >= 4 is 23.6 Å². The van der Waals surface area contributed by atoms with Gasteiger partial charge in [-0.25, -0.2) is 4.79 Å². The van der Waals surface area contributed by atoms with Crippen LogP contribution in [0.15, 0.2) is 18.2 Å². The molecule has 1 unspecified atom stereocenters. The third-order valence-electron chi connectivity index (χ3n) is 3.54. The Bertz CT molecular complexity index is 610. The first-order valence-corrected chi connectivity index (χ1v) is 8.08. The Balaban J connectivity index is 1.92. The van der Waals surface area contributed by atoms with Gasteiger partial charge in [0.05, 0.1) is 10.6 Å². The molecular formula is C17H23ClN2O3. The summed E-state index contributed by atoms with van der Waals surface area (Å²) in [5.74, 6) is -0.217. The minimum Gasteiger partial charge on any atom is -0.444 e. The molecule has 5 nitrogen and oxygen atoms in total. The Labute approximate surface area is 141 Å². The summed E-state index contributed by atoms with van der Waals surface area (Å²) in [7, 11) is 0. The number of rotatable bonds is 2. The average Bonchev–Trinajstić information content (AvgIpc) is 2.85. The van der Waals surface area contributed by atoms with Crippen molar-refractivity contribution in [1.82, 2.24) is 10.2 Å². The first-order chi connectivity index (χ1) is 10.7. The standard InChI is InChI=1S/C17H23ClN2O3/c1-11-5-6-13(14(18)9-11)15(21)19-12-7-8-20(10-12)16(22)23-17(2,3)4/h5-6,9,12H,7-8,10H2,1-4H3,(H,19,21). The largest absolute Gasteiger partial charge is 0.444 e. The number of carbonyl (C=O) groups is 2. The number of nitrogens with zero attached hydrogens (tertiary/aromatic N) is 1. The van der Waals surface area contributed by atoms with Gasteiger partial charge in [-0.05, 0) is 51.8 Å². The molecule has 1 aromatic rings. The van der Waals surface area contributed by atoms with Crippen molar-refractivity contribution in [2.45, 2.75) is 45.8 Å². The van der Waals surface area contributed by atoms with E-state index >= 15 is 0 Å². The first kappa shape index (κ1) is 17.6. The van der Waals surface area contributed by atoms with Crippen LogP contribution in [0.4, 0.5) is 4.79 Å². The molecule has 2 amide bonds. The molecule has 6 heteroatoms. The van der Waals surface area contributed by atoms with Crippen molar-refractivity contribution in [1.29, 1.82) is 0 Å². The van der Waals surface area contributed by atoms with Crippen LogP contribution in [0.1, 0.15) is 43.1 Å². The Morgan fingerprint density at radius 2 is 2.04 bits per heavy atom. The number of nitrogens with one attached hydrogen (secondary N) is 1. The van der Waals surface area contributed by atoms with Gasteiger partial charge in [-0.2, -0.15) is 0 Å². The van der Waals surface area contributed by atoms with E-state index in [1.165, 1.54) is 0 Å². The maximum atomic E-state index is 12.3. The van der Waals surface area contributed by atoms with Gasteiger partial charge in [-0.3, -0.25) is 4.79 Å². The minimum atomic E-state index is -0.520. The van der Waals surface area contributed by atoms with Crippen molar-refractivity contribution in [3.63, 3.8) is 0 Å². The zero-order valence-electron chi connectivity index (χ0n) is 14.0. The predicted octanol–water partition coefficient (Wildman–Crippen LogP) is 3.39. The number of ether oxygens (including phenoxy) is 1. The number of likely N-dealkylation sites (tertiary alicyclic amines) is 1. The van der Waals surface area contributed by atoms with Gasteiger partial charge in [0.25, 0.3) is 5.91 Å². The fourth-order valence-electron chi connectivity index (χ4n) is 2.44. The molecule has 1 aliphatic rings. The summed E-state index contributed by atoms with van der Waals surface area (Å²) in [5.41, 5.74) is 0.935. The van der Waals surface area contributed by atoms with Crippen LogP contribution in [0.5, 0.6) is 0 Å². The summed E-state index contributed by atoms with van der Waals surface area (Å²) >= 11 is 6.12. The van der Waals surface area contributed by atoms with Crippen molar-refractivity contribution < 1.29 is 14.3 Å². The highest BCUT2D eigenvalue weighted by molar-refractivity contribution is 6.33. The molecule has 1 saturated heterocycles. The van der Waals surface area contributed by atoms with E-state index in [2.05, 4.69) is 5.32 Å². The number of hydrogen-bond acceptors (Lipinski definition) is 3. The van der Waals surface area contributed by atoms with Gasteiger partial charge in [0, 0.05) is 19.1 Å². The molecule has 1 N–H and O–H groups in total. The van der Waals surface area contributed by atoms with E-state index in [0.717, 1.165) is 5.56 Å². The number of halogens is 1. The third-order valence-corrected chi connectivity index (χ3v) is 3.86. The maximum absolute atomic E-state index is 12.3. The number of hydrogen-bond donors (Lipinski definition) is 1. The highest BCUT2D eigenvalue weighted by Gasteiger charge is 2.30.